The Balaban J connectivity index is 0.853. The highest BCUT2D eigenvalue weighted by Gasteiger charge is 2.85. The summed E-state index contributed by atoms with van der Waals surface area (Å²) in [7, 11) is 0. The smallest absolute Gasteiger partial charge is 0.264 e. The fourth-order valence-corrected chi connectivity index (χ4v) is 9.12. The number of carbonyl (C=O) groups is 2. The standard InChI is InChI=1S/C33H43ClN6O3S/c1-31(2)19-21(20-36-31)5-4-16-35-25-6-3-7-27(37-25)44-39-29(41)22-8-9-26(38-28(22)34)40-17-10-23(30(40)42)43-18-11-24-32(12-13-32)33(24)14-15-33/h3,6-9,21,23-24,36H,4-5,10-20H2,1-2H3,(H,35,37)(H,39,41)/t21-,23?/m0/s1. The van der Waals surface area contributed by atoms with Gasteiger partial charge in [0.05, 0.1) is 5.56 Å². The molecule has 2 spiro atoms. The molecule has 5 aliphatic rings. The maximum atomic E-state index is 13.1. The number of pyridine rings is 2. The molecule has 9 nitrogen and oxygen atoms in total. The zero-order valence-corrected chi connectivity index (χ0v) is 27.2. The van der Waals surface area contributed by atoms with E-state index in [0.717, 1.165) is 55.5 Å². The van der Waals surface area contributed by atoms with Crippen molar-refractivity contribution in [1.29, 1.82) is 0 Å². The molecule has 3 aliphatic carbocycles. The molecular weight excluding hydrogens is 596 g/mol. The molecule has 4 heterocycles. The van der Waals surface area contributed by atoms with E-state index in [2.05, 4.69) is 39.2 Å². The fraction of sp³-hybridized carbons (Fsp3) is 0.636. The molecule has 2 saturated heterocycles. The minimum Gasteiger partial charge on any atom is -0.370 e. The van der Waals surface area contributed by atoms with E-state index in [9.17, 15) is 9.59 Å². The first-order chi connectivity index (χ1) is 21.2. The minimum absolute atomic E-state index is 0.0557. The first-order valence-corrected chi connectivity index (χ1v) is 17.4. The van der Waals surface area contributed by atoms with E-state index in [1.165, 1.54) is 38.5 Å². The summed E-state index contributed by atoms with van der Waals surface area (Å²) in [5, 5.41) is 7.71. The minimum atomic E-state index is -0.436. The highest BCUT2D eigenvalue weighted by Crippen LogP contribution is 2.93. The molecule has 2 atom stereocenters. The Hall–Kier alpha value is -2.40. The SMILES string of the molecule is CC1(C)C[C@H](CCCNc2cccc(SNC(=O)c3ccc(N4CCC(OCCC5C6(CC6)C56CC6)C4=O)nc3Cl)n2)CN1. The zero-order chi connectivity index (χ0) is 30.5. The van der Waals surface area contributed by atoms with Crippen LogP contribution in [0, 0.1) is 22.7 Å². The molecule has 0 radical (unpaired) electrons. The highest BCUT2D eigenvalue weighted by molar-refractivity contribution is 7.97. The third kappa shape index (κ3) is 5.95. The third-order valence-electron chi connectivity index (χ3n) is 10.8. The van der Waals surface area contributed by atoms with E-state index in [1.807, 2.05) is 18.2 Å². The van der Waals surface area contributed by atoms with Gasteiger partial charge in [-0.25, -0.2) is 9.97 Å². The predicted octanol–water partition coefficient (Wildman–Crippen LogP) is 5.85. The average molecular weight is 639 g/mol. The van der Waals surface area contributed by atoms with Crippen molar-refractivity contribution in [1.82, 2.24) is 20.0 Å². The van der Waals surface area contributed by atoms with Gasteiger partial charge in [-0.3, -0.25) is 19.2 Å². The summed E-state index contributed by atoms with van der Waals surface area (Å²) in [6, 6.07) is 8.99. The van der Waals surface area contributed by atoms with Crippen molar-refractivity contribution in [3.8, 4) is 0 Å². The van der Waals surface area contributed by atoms with Gasteiger partial charge in [0.2, 0.25) is 0 Å². The topological polar surface area (TPSA) is 108 Å². The number of anilines is 2. The average Bonchev–Trinajstić information content (AvgIpc) is 3.96. The maximum Gasteiger partial charge on any atom is 0.264 e. The van der Waals surface area contributed by atoms with Gasteiger partial charge >= 0.3 is 0 Å². The number of fused-ring (bicyclic) bond motifs is 1. The van der Waals surface area contributed by atoms with Crippen molar-refractivity contribution < 1.29 is 14.3 Å². The Morgan fingerprint density at radius 1 is 1.14 bits per heavy atom. The normalized spacial score (nSPS) is 25.5. The first-order valence-electron chi connectivity index (χ1n) is 16.2. The molecule has 7 rings (SSSR count). The number of rotatable bonds is 13. The van der Waals surface area contributed by atoms with E-state index < -0.39 is 6.10 Å². The van der Waals surface area contributed by atoms with Gasteiger partial charge in [-0.2, -0.15) is 0 Å². The van der Waals surface area contributed by atoms with Crippen molar-refractivity contribution in [2.45, 2.75) is 88.3 Å². The number of aromatic nitrogens is 2. The number of nitrogens with one attached hydrogen (secondary N) is 3. The molecule has 0 bridgehead atoms. The Morgan fingerprint density at radius 3 is 2.64 bits per heavy atom. The number of carbonyl (C=O) groups excluding carboxylic acids is 2. The molecule has 2 aromatic rings. The second-order valence-electron chi connectivity index (χ2n) is 14.1. The summed E-state index contributed by atoms with van der Waals surface area (Å²) in [6.45, 7) is 7.64. The van der Waals surface area contributed by atoms with Crippen LogP contribution in [0.4, 0.5) is 11.6 Å². The van der Waals surface area contributed by atoms with E-state index >= 15 is 0 Å². The van der Waals surface area contributed by atoms with Crippen molar-refractivity contribution in [2.24, 2.45) is 22.7 Å². The van der Waals surface area contributed by atoms with Gasteiger partial charge in [0.1, 0.15) is 27.9 Å². The lowest BCUT2D eigenvalue weighted by Gasteiger charge is -2.17. The number of hydrogen-bond donors (Lipinski definition) is 3. The Kier molecular flexibility index (Phi) is 8.08. The third-order valence-corrected chi connectivity index (χ3v) is 11.8. The molecule has 2 amide bonds. The molecule has 11 heteroatoms. The second-order valence-corrected chi connectivity index (χ2v) is 15.3. The summed E-state index contributed by atoms with van der Waals surface area (Å²) in [5.74, 6) is 2.31. The van der Waals surface area contributed by atoms with Gasteiger partial charge in [-0.15, -0.1) is 0 Å². The van der Waals surface area contributed by atoms with Gasteiger partial charge in [-0.05, 0) is 119 Å². The fourth-order valence-electron chi connectivity index (χ4n) is 8.29. The van der Waals surface area contributed by atoms with Crippen LogP contribution in [0.15, 0.2) is 35.4 Å². The quantitative estimate of drug-likeness (QED) is 0.142. The summed E-state index contributed by atoms with van der Waals surface area (Å²) in [6.07, 6.45) is 10.3. The maximum absolute atomic E-state index is 13.1. The van der Waals surface area contributed by atoms with Crippen LogP contribution in [0.2, 0.25) is 5.15 Å². The molecule has 1 unspecified atom stereocenters. The van der Waals surface area contributed by atoms with Crippen LogP contribution in [0.25, 0.3) is 0 Å². The van der Waals surface area contributed by atoms with Gasteiger partial charge in [-0.1, -0.05) is 17.7 Å². The largest absolute Gasteiger partial charge is 0.370 e. The van der Waals surface area contributed by atoms with E-state index in [4.69, 9.17) is 16.3 Å². The van der Waals surface area contributed by atoms with Crippen LogP contribution in [-0.4, -0.2) is 59.7 Å². The van der Waals surface area contributed by atoms with Crippen LogP contribution >= 0.6 is 23.5 Å². The van der Waals surface area contributed by atoms with Gasteiger partial charge in [0, 0.05) is 43.6 Å². The van der Waals surface area contributed by atoms with Crippen LogP contribution in [0.5, 0.6) is 0 Å². The van der Waals surface area contributed by atoms with E-state index in [0.29, 0.717) is 41.2 Å². The van der Waals surface area contributed by atoms with Crippen molar-refractivity contribution >= 4 is 47.0 Å². The number of halogens is 1. The molecule has 5 fully saturated rings. The van der Waals surface area contributed by atoms with Crippen LogP contribution in [0.1, 0.15) is 82.0 Å². The Morgan fingerprint density at radius 2 is 1.93 bits per heavy atom. The highest BCUT2D eigenvalue weighted by atomic mass is 35.5. The van der Waals surface area contributed by atoms with Gasteiger partial charge < -0.3 is 15.4 Å². The Bertz CT molecular complexity index is 1410. The molecular formula is C33H43ClN6O3S. The number of amides is 2. The molecule has 3 N–H and O–H groups in total. The summed E-state index contributed by atoms with van der Waals surface area (Å²) in [5.41, 5.74) is 1.82. The molecule has 0 aromatic carbocycles. The van der Waals surface area contributed by atoms with Crippen molar-refractivity contribution in [3.05, 3.63) is 41.0 Å². The number of nitrogens with zero attached hydrogens (tertiary/aromatic N) is 3. The molecule has 2 aromatic heterocycles. The summed E-state index contributed by atoms with van der Waals surface area (Å²) in [4.78, 5) is 36.6. The molecule has 44 heavy (non-hydrogen) atoms. The van der Waals surface area contributed by atoms with Crippen LogP contribution in [-0.2, 0) is 9.53 Å². The van der Waals surface area contributed by atoms with Crippen molar-refractivity contribution in [2.75, 3.05) is 36.5 Å². The van der Waals surface area contributed by atoms with Crippen molar-refractivity contribution in [3.63, 3.8) is 0 Å². The Labute approximate surface area is 269 Å². The van der Waals surface area contributed by atoms with E-state index in [1.54, 1.807) is 17.0 Å². The lowest BCUT2D eigenvalue weighted by molar-refractivity contribution is -0.127. The van der Waals surface area contributed by atoms with Gasteiger partial charge in [0.25, 0.3) is 11.8 Å². The lowest BCUT2D eigenvalue weighted by Crippen LogP contribution is -2.31. The second kappa shape index (κ2) is 11.8. The van der Waals surface area contributed by atoms with Gasteiger partial charge in [0.15, 0.2) is 0 Å². The zero-order valence-electron chi connectivity index (χ0n) is 25.7. The number of ether oxygens (including phenoxy) is 1. The van der Waals surface area contributed by atoms with Crippen LogP contribution in [0.3, 0.4) is 0 Å². The predicted molar refractivity (Wildman–Crippen MR) is 173 cm³/mol. The van der Waals surface area contributed by atoms with E-state index in [-0.39, 0.29) is 28.1 Å². The number of hydrogen-bond acceptors (Lipinski definition) is 8. The molecule has 2 aliphatic heterocycles. The molecule has 3 saturated carbocycles. The monoisotopic (exact) mass is 638 g/mol. The first kappa shape index (κ1) is 30.3. The van der Waals surface area contributed by atoms with Crippen LogP contribution < -0.4 is 20.3 Å². The summed E-state index contributed by atoms with van der Waals surface area (Å²) < 4.78 is 8.87. The summed E-state index contributed by atoms with van der Waals surface area (Å²) >= 11 is 7.57. The lowest BCUT2D eigenvalue weighted by atomic mass is 9.94. The molecule has 236 valence electrons.